The maximum atomic E-state index is 6.18. The van der Waals surface area contributed by atoms with E-state index in [4.69, 9.17) is 20.2 Å². The molecule has 1 atom stereocenters. The van der Waals surface area contributed by atoms with E-state index in [-0.39, 0.29) is 6.04 Å². The number of hydrogen-bond acceptors (Lipinski definition) is 5. The molecule has 5 heteroatoms. The quantitative estimate of drug-likeness (QED) is 0.535. The molecule has 146 valence electrons. The molecule has 1 unspecified atom stereocenters. The molecule has 0 bridgehead atoms. The van der Waals surface area contributed by atoms with Crippen LogP contribution in [0.4, 0.5) is 5.69 Å². The second-order valence-electron chi connectivity index (χ2n) is 6.68. The first-order chi connectivity index (χ1) is 13.7. The van der Waals surface area contributed by atoms with Gasteiger partial charge in [0.05, 0.1) is 24.0 Å². The van der Waals surface area contributed by atoms with Gasteiger partial charge in [-0.1, -0.05) is 24.8 Å². The average molecular weight is 377 g/mol. The summed E-state index contributed by atoms with van der Waals surface area (Å²) in [6.07, 6.45) is 3.68. The number of pyridine rings is 1. The van der Waals surface area contributed by atoms with Crippen LogP contribution in [-0.2, 0) is 0 Å². The molecule has 0 radical (unpaired) electrons. The molecule has 28 heavy (non-hydrogen) atoms. The number of fused-ring (bicyclic) bond motifs is 1. The molecule has 0 spiro atoms. The minimum atomic E-state index is 0.256. The minimum absolute atomic E-state index is 0.256. The Hall–Kier alpha value is -3.05. The van der Waals surface area contributed by atoms with E-state index < -0.39 is 0 Å². The van der Waals surface area contributed by atoms with E-state index in [1.54, 1.807) is 13.2 Å². The summed E-state index contributed by atoms with van der Waals surface area (Å²) in [5.41, 5.74) is 8.18. The maximum absolute atomic E-state index is 6.18. The summed E-state index contributed by atoms with van der Waals surface area (Å²) < 4.78 is 11.8. The molecule has 3 N–H and O–H groups in total. The molecule has 0 aliphatic rings. The van der Waals surface area contributed by atoms with Gasteiger partial charge in [0.15, 0.2) is 11.5 Å². The van der Waals surface area contributed by atoms with Gasteiger partial charge in [0.25, 0.3) is 0 Å². The molecule has 3 aromatic rings. The number of hydrogen-bond donors (Lipinski definition) is 2. The van der Waals surface area contributed by atoms with E-state index in [1.807, 2.05) is 48.5 Å². The highest BCUT2D eigenvalue weighted by atomic mass is 16.5. The van der Waals surface area contributed by atoms with E-state index in [2.05, 4.69) is 18.8 Å². The predicted octanol–water partition coefficient (Wildman–Crippen LogP) is 5.22. The summed E-state index contributed by atoms with van der Waals surface area (Å²) in [6.45, 7) is 6.66. The van der Waals surface area contributed by atoms with Crippen molar-refractivity contribution < 1.29 is 9.47 Å². The summed E-state index contributed by atoms with van der Waals surface area (Å²) in [6, 6.07) is 15.8. The van der Waals surface area contributed by atoms with Crippen LogP contribution in [0.15, 0.2) is 55.1 Å². The van der Waals surface area contributed by atoms with Crippen molar-refractivity contribution in [2.75, 3.05) is 19.0 Å². The van der Waals surface area contributed by atoms with Gasteiger partial charge in [-0.3, -0.25) is 0 Å². The van der Waals surface area contributed by atoms with Gasteiger partial charge >= 0.3 is 0 Å². The van der Waals surface area contributed by atoms with Crippen molar-refractivity contribution in [3.8, 4) is 17.2 Å². The fraction of sp³-hybridized carbons (Fsp3) is 0.261. The standard InChI is InChI=1S/C23H27N3O2/c1-4-17-12-13-19-22(26-17)20(25-16(2)9-8-14-24)15-21(27-3)23(19)28-18-10-6-5-7-11-18/h4-7,10-13,15-16,25H,1,8-9,14,24H2,2-3H3. The monoisotopic (exact) mass is 377 g/mol. The first-order valence-corrected chi connectivity index (χ1v) is 9.50. The van der Waals surface area contributed by atoms with Crippen LogP contribution in [0, 0.1) is 0 Å². The molecule has 0 aliphatic carbocycles. The van der Waals surface area contributed by atoms with Crippen molar-refractivity contribution in [3.05, 3.63) is 60.8 Å². The fourth-order valence-corrected chi connectivity index (χ4v) is 3.11. The van der Waals surface area contributed by atoms with Gasteiger partial charge in [0, 0.05) is 17.5 Å². The highest BCUT2D eigenvalue weighted by Gasteiger charge is 2.17. The van der Waals surface area contributed by atoms with Crippen LogP contribution in [0.3, 0.4) is 0 Å². The third-order valence-corrected chi connectivity index (χ3v) is 4.55. The Morgan fingerprint density at radius 1 is 1.21 bits per heavy atom. The Balaban J connectivity index is 2.10. The summed E-state index contributed by atoms with van der Waals surface area (Å²) in [4.78, 5) is 4.76. The van der Waals surface area contributed by atoms with Crippen LogP contribution >= 0.6 is 0 Å². The number of nitrogens with two attached hydrogens (primary N) is 1. The SMILES string of the molecule is C=Cc1ccc2c(Oc3ccccc3)c(OC)cc(NC(C)CCCN)c2n1. The van der Waals surface area contributed by atoms with Gasteiger partial charge in [-0.15, -0.1) is 0 Å². The predicted molar refractivity (Wildman–Crippen MR) is 116 cm³/mol. The number of methoxy groups -OCH3 is 1. The lowest BCUT2D eigenvalue weighted by Gasteiger charge is -2.20. The molecular formula is C23H27N3O2. The third-order valence-electron chi connectivity index (χ3n) is 4.55. The largest absolute Gasteiger partial charge is 0.493 e. The zero-order valence-electron chi connectivity index (χ0n) is 16.4. The van der Waals surface area contributed by atoms with Gasteiger partial charge in [-0.2, -0.15) is 0 Å². The number of nitrogens with zero attached hydrogens (tertiary/aromatic N) is 1. The van der Waals surface area contributed by atoms with Crippen LogP contribution in [-0.4, -0.2) is 24.7 Å². The number of aromatic nitrogens is 1. The van der Waals surface area contributed by atoms with E-state index in [0.29, 0.717) is 18.0 Å². The van der Waals surface area contributed by atoms with Gasteiger partial charge in [0.2, 0.25) is 0 Å². The third kappa shape index (κ3) is 4.43. The van der Waals surface area contributed by atoms with Crippen molar-refractivity contribution >= 4 is 22.7 Å². The molecule has 0 fully saturated rings. The topological polar surface area (TPSA) is 69.4 Å². The van der Waals surface area contributed by atoms with Crippen LogP contribution in [0.5, 0.6) is 17.2 Å². The van der Waals surface area contributed by atoms with Crippen molar-refractivity contribution in [1.82, 2.24) is 4.98 Å². The van der Waals surface area contributed by atoms with Gasteiger partial charge in [-0.25, -0.2) is 4.98 Å². The Kier molecular flexibility index (Phi) is 6.50. The number of ether oxygens (including phenoxy) is 2. The number of benzene rings is 2. The lowest BCUT2D eigenvalue weighted by Crippen LogP contribution is -2.17. The van der Waals surface area contributed by atoms with E-state index in [9.17, 15) is 0 Å². The molecule has 2 aromatic carbocycles. The van der Waals surface area contributed by atoms with Crippen molar-refractivity contribution in [2.45, 2.75) is 25.8 Å². The first kappa shape index (κ1) is 19.7. The van der Waals surface area contributed by atoms with Gasteiger partial charge in [0.1, 0.15) is 5.75 Å². The smallest absolute Gasteiger partial charge is 0.178 e. The highest BCUT2D eigenvalue weighted by Crippen LogP contribution is 2.42. The minimum Gasteiger partial charge on any atom is -0.493 e. The van der Waals surface area contributed by atoms with Crippen molar-refractivity contribution in [3.63, 3.8) is 0 Å². The van der Waals surface area contributed by atoms with E-state index in [0.717, 1.165) is 40.9 Å². The van der Waals surface area contributed by atoms with Crippen molar-refractivity contribution in [1.29, 1.82) is 0 Å². The molecule has 0 saturated heterocycles. The normalized spacial score (nSPS) is 11.8. The Bertz CT molecular complexity index is 941. The van der Waals surface area contributed by atoms with Gasteiger partial charge < -0.3 is 20.5 Å². The summed E-state index contributed by atoms with van der Waals surface area (Å²) in [7, 11) is 1.65. The number of para-hydroxylation sites is 1. The Morgan fingerprint density at radius 2 is 2.00 bits per heavy atom. The Labute approximate surface area is 166 Å². The lowest BCUT2D eigenvalue weighted by atomic mass is 10.1. The Morgan fingerprint density at radius 3 is 2.68 bits per heavy atom. The van der Waals surface area contributed by atoms with Crippen LogP contribution in [0.1, 0.15) is 25.5 Å². The van der Waals surface area contributed by atoms with E-state index >= 15 is 0 Å². The zero-order valence-corrected chi connectivity index (χ0v) is 16.4. The van der Waals surface area contributed by atoms with Crippen LogP contribution < -0.4 is 20.5 Å². The fourth-order valence-electron chi connectivity index (χ4n) is 3.11. The number of rotatable bonds is 9. The molecule has 0 saturated carbocycles. The highest BCUT2D eigenvalue weighted by molar-refractivity contribution is 5.98. The second kappa shape index (κ2) is 9.24. The van der Waals surface area contributed by atoms with Crippen LogP contribution in [0.25, 0.3) is 17.0 Å². The molecule has 1 aromatic heterocycles. The molecule has 0 aliphatic heterocycles. The van der Waals surface area contributed by atoms with Crippen LogP contribution in [0.2, 0.25) is 0 Å². The summed E-state index contributed by atoms with van der Waals surface area (Å²) in [5.74, 6) is 2.04. The summed E-state index contributed by atoms with van der Waals surface area (Å²) >= 11 is 0. The first-order valence-electron chi connectivity index (χ1n) is 9.50. The van der Waals surface area contributed by atoms with Gasteiger partial charge in [-0.05, 0) is 56.7 Å². The van der Waals surface area contributed by atoms with E-state index in [1.165, 1.54) is 0 Å². The zero-order chi connectivity index (χ0) is 19.9. The maximum Gasteiger partial charge on any atom is 0.178 e. The molecule has 1 heterocycles. The number of nitrogens with one attached hydrogen (secondary N) is 1. The second-order valence-corrected chi connectivity index (χ2v) is 6.68. The van der Waals surface area contributed by atoms with Crippen molar-refractivity contribution in [2.24, 2.45) is 5.73 Å². The number of anilines is 1. The lowest BCUT2D eigenvalue weighted by molar-refractivity contribution is 0.381. The molecular weight excluding hydrogens is 350 g/mol. The molecule has 0 amide bonds. The average Bonchev–Trinajstić information content (AvgIpc) is 2.74. The summed E-state index contributed by atoms with van der Waals surface area (Å²) in [5, 5.41) is 4.43. The molecule has 5 nitrogen and oxygen atoms in total. The molecule has 3 rings (SSSR count).